The van der Waals surface area contributed by atoms with Gasteiger partial charge < -0.3 is 27.0 Å². The number of rotatable bonds is 9. The fraction of sp³-hybridized carbons (Fsp3) is 0.500. The predicted molar refractivity (Wildman–Crippen MR) is 124 cm³/mol. The van der Waals surface area contributed by atoms with E-state index < -0.39 is 5.91 Å². The second kappa shape index (κ2) is 10.9. The van der Waals surface area contributed by atoms with Crippen LogP contribution in [0.3, 0.4) is 0 Å². The molecule has 3 rings (SSSR count). The van der Waals surface area contributed by atoms with E-state index in [1.807, 2.05) is 29.2 Å². The van der Waals surface area contributed by atoms with Gasteiger partial charge in [0.25, 0.3) is 5.91 Å². The van der Waals surface area contributed by atoms with Crippen LogP contribution in [-0.2, 0) is 4.79 Å². The van der Waals surface area contributed by atoms with Crippen molar-refractivity contribution in [1.82, 2.24) is 20.1 Å². The molecule has 1 aromatic carbocycles. The molecule has 0 unspecified atom stereocenters. The Labute approximate surface area is 188 Å². The van der Waals surface area contributed by atoms with Gasteiger partial charge in [-0.15, -0.1) is 10.2 Å². The molecule has 1 fully saturated rings. The molecule has 2 amide bonds. The van der Waals surface area contributed by atoms with Crippen LogP contribution >= 0.6 is 0 Å². The van der Waals surface area contributed by atoms with Gasteiger partial charge in [-0.1, -0.05) is 26.0 Å². The number of carbonyl (C=O) groups is 2. The van der Waals surface area contributed by atoms with E-state index >= 15 is 0 Å². The number of likely N-dealkylation sites (tertiary alicyclic amines) is 1. The van der Waals surface area contributed by atoms with Crippen molar-refractivity contribution in [2.75, 3.05) is 30.3 Å². The lowest BCUT2D eigenvalue weighted by atomic mass is 10.0. The quantitative estimate of drug-likeness (QED) is 0.462. The molecule has 1 aromatic heterocycles. The Morgan fingerprint density at radius 1 is 1.22 bits per heavy atom. The minimum atomic E-state index is -0.716. The highest BCUT2D eigenvalue weighted by Gasteiger charge is 2.24. The van der Waals surface area contributed by atoms with Crippen LogP contribution in [-0.4, -0.2) is 57.6 Å². The Morgan fingerprint density at radius 2 is 1.97 bits per heavy atom. The number of primary amides is 1. The van der Waals surface area contributed by atoms with Gasteiger partial charge in [-0.3, -0.25) is 9.59 Å². The van der Waals surface area contributed by atoms with Gasteiger partial charge in [0.1, 0.15) is 0 Å². The van der Waals surface area contributed by atoms with Crippen molar-refractivity contribution in [3.8, 4) is 0 Å². The number of carbonyl (C=O) groups excluding carboxylic acids is 2. The molecule has 6 N–H and O–H groups in total. The van der Waals surface area contributed by atoms with E-state index in [1.165, 1.54) is 5.56 Å². The van der Waals surface area contributed by atoms with Crippen molar-refractivity contribution in [1.29, 1.82) is 0 Å². The summed E-state index contributed by atoms with van der Waals surface area (Å²) >= 11 is 0. The molecule has 32 heavy (non-hydrogen) atoms. The number of nitrogens with zero attached hydrogens (tertiary/aromatic N) is 4. The minimum Gasteiger partial charge on any atom is -0.364 e. The molecule has 2 heterocycles. The fourth-order valence-corrected chi connectivity index (χ4v) is 3.64. The lowest BCUT2D eigenvalue weighted by Crippen LogP contribution is -2.45. The number of anilines is 3. The number of aromatic nitrogens is 3. The molecule has 1 aliphatic rings. The summed E-state index contributed by atoms with van der Waals surface area (Å²) in [4.78, 5) is 30.5. The fourth-order valence-electron chi connectivity index (χ4n) is 3.64. The largest absolute Gasteiger partial charge is 0.364 e. The van der Waals surface area contributed by atoms with Crippen molar-refractivity contribution in [2.24, 2.45) is 11.5 Å². The Balaban J connectivity index is 1.72. The molecule has 0 aliphatic carbocycles. The van der Waals surface area contributed by atoms with Crippen LogP contribution in [0, 0.1) is 0 Å². The average Bonchev–Trinajstić information content (AvgIpc) is 2.78. The number of amides is 2. The zero-order chi connectivity index (χ0) is 23.1. The SMILES string of the molecule is CC(C)c1ccc(Nc2nc(N[C@H]3CCCN(C(=O)CCCN)C3)nnc2C(N)=O)cc1. The van der Waals surface area contributed by atoms with E-state index in [4.69, 9.17) is 11.5 Å². The van der Waals surface area contributed by atoms with Crippen LogP contribution in [0.5, 0.6) is 0 Å². The second-order valence-electron chi connectivity index (χ2n) is 8.31. The molecule has 2 aromatic rings. The monoisotopic (exact) mass is 440 g/mol. The Bertz CT molecular complexity index is 932. The first kappa shape index (κ1) is 23.4. The van der Waals surface area contributed by atoms with Crippen LogP contribution in [0.4, 0.5) is 17.5 Å². The van der Waals surface area contributed by atoms with E-state index in [2.05, 4.69) is 39.7 Å². The summed E-state index contributed by atoms with van der Waals surface area (Å²) in [7, 11) is 0. The normalized spacial score (nSPS) is 16.1. The van der Waals surface area contributed by atoms with E-state index in [9.17, 15) is 9.59 Å². The summed E-state index contributed by atoms with van der Waals surface area (Å²) in [6.45, 7) is 6.05. The molecule has 0 saturated carbocycles. The number of piperidine rings is 1. The van der Waals surface area contributed by atoms with Gasteiger partial charge in [0.05, 0.1) is 0 Å². The topological polar surface area (TPSA) is 152 Å². The molecule has 10 nitrogen and oxygen atoms in total. The van der Waals surface area contributed by atoms with Gasteiger partial charge in [0.15, 0.2) is 11.5 Å². The Morgan fingerprint density at radius 3 is 2.62 bits per heavy atom. The number of nitrogens with two attached hydrogens (primary N) is 2. The van der Waals surface area contributed by atoms with Gasteiger partial charge in [-0.2, -0.15) is 4.98 Å². The first-order valence-corrected chi connectivity index (χ1v) is 11.0. The number of hydrogen-bond acceptors (Lipinski definition) is 8. The van der Waals surface area contributed by atoms with Crippen molar-refractivity contribution in [3.05, 3.63) is 35.5 Å². The van der Waals surface area contributed by atoms with E-state index in [1.54, 1.807) is 0 Å². The minimum absolute atomic E-state index is 0.00928. The maximum Gasteiger partial charge on any atom is 0.273 e. The summed E-state index contributed by atoms with van der Waals surface area (Å²) in [5.41, 5.74) is 12.9. The highest BCUT2D eigenvalue weighted by Crippen LogP contribution is 2.22. The third-order valence-electron chi connectivity index (χ3n) is 5.46. The van der Waals surface area contributed by atoms with Crippen LogP contribution in [0.15, 0.2) is 24.3 Å². The molecule has 0 bridgehead atoms. The van der Waals surface area contributed by atoms with Crippen LogP contribution < -0.4 is 22.1 Å². The molecular weight excluding hydrogens is 408 g/mol. The summed E-state index contributed by atoms with van der Waals surface area (Å²) in [5.74, 6) is 0.319. The molecule has 1 aliphatic heterocycles. The Kier molecular flexibility index (Phi) is 7.93. The molecule has 1 atom stereocenters. The maximum atomic E-state index is 12.3. The van der Waals surface area contributed by atoms with Crippen molar-refractivity contribution < 1.29 is 9.59 Å². The summed E-state index contributed by atoms with van der Waals surface area (Å²) in [6, 6.07) is 7.86. The highest BCUT2D eigenvalue weighted by atomic mass is 16.2. The summed E-state index contributed by atoms with van der Waals surface area (Å²) < 4.78 is 0. The molecule has 172 valence electrons. The van der Waals surface area contributed by atoms with Gasteiger partial charge in [-0.05, 0) is 49.4 Å². The third kappa shape index (κ3) is 6.13. The number of hydrogen-bond donors (Lipinski definition) is 4. The van der Waals surface area contributed by atoms with E-state index in [0.29, 0.717) is 31.8 Å². The first-order chi connectivity index (χ1) is 15.4. The van der Waals surface area contributed by atoms with Crippen LogP contribution in [0.25, 0.3) is 0 Å². The molecule has 0 radical (unpaired) electrons. The van der Waals surface area contributed by atoms with Crippen LogP contribution in [0.1, 0.15) is 61.5 Å². The van der Waals surface area contributed by atoms with Gasteiger partial charge in [0.2, 0.25) is 11.9 Å². The Hall–Kier alpha value is -3.27. The lowest BCUT2D eigenvalue weighted by molar-refractivity contribution is -0.132. The predicted octanol–water partition coefficient (Wildman–Crippen LogP) is 1.98. The average molecular weight is 441 g/mol. The molecule has 1 saturated heterocycles. The van der Waals surface area contributed by atoms with E-state index in [0.717, 1.165) is 25.1 Å². The van der Waals surface area contributed by atoms with Crippen molar-refractivity contribution >= 4 is 29.3 Å². The van der Waals surface area contributed by atoms with Gasteiger partial charge in [0, 0.05) is 31.2 Å². The van der Waals surface area contributed by atoms with E-state index in [-0.39, 0.29) is 29.4 Å². The molecular formula is C22H32N8O2. The number of benzene rings is 1. The molecule has 10 heteroatoms. The maximum absolute atomic E-state index is 12.3. The third-order valence-corrected chi connectivity index (χ3v) is 5.46. The van der Waals surface area contributed by atoms with Gasteiger partial charge in [-0.25, -0.2) is 0 Å². The second-order valence-corrected chi connectivity index (χ2v) is 8.31. The zero-order valence-electron chi connectivity index (χ0n) is 18.7. The smallest absolute Gasteiger partial charge is 0.273 e. The van der Waals surface area contributed by atoms with Crippen molar-refractivity contribution in [3.63, 3.8) is 0 Å². The standard InChI is InChI=1S/C22H32N8O2/c1-14(2)15-7-9-16(10-8-15)25-21-19(20(24)32)28-29-22(27-21)26-17-5-4-12-30(13-17)18(31)6-3-11-23/h7-10,14,17H,3-6,11-13,23H2,1-2H3,(H2,24,32)(H2,25,26,27,29)/t17-/m0/s1. The lowest BCUT2D eigenvalue weighted by Gasteiger charge is -2.33. The highest BCUT2D eigenvalue weighted by molar-refractivity contribution is 5.96. The first-order valence-electron chi connectivity index (χ1n) is 11.0. The summed E-state index contributed by atoms with van der Waals surface area (Å²) in [5, 5.41) is 14.4. The number of nitrogens with one attached hydrogen (secondary N) is 2. The zero-order valence-corrected chi connectivity index (χ0v) is 18.7. The molecule has 0 spiro atoms. The van der Waals surface area contributed by atoms with Gasteiger partial charge >= 0.3 is 0 Å². The van der Waals surface area contributed by atoms with Crippen molar-refractivity contribution in [2.45, 2.75) is 51.5 Å². The summed E-state index contributed by atoms with van der Waals surface area (Å²) in [6.07, 6.45) is 2.90. The van der Waals surface area contributed by atoms with Crippen LogP contribution in [0.2, 0.25) is 0 Å².